The van der Waals surface area contributed by atoms with Crippen molar-refractivity contribution in [2.75, 3.05) is 32.9 Å². The fourth-order valence-electron chi connectivity index (χ4n) is 7.49. The fraction of sp³-hybridized carbons (Fsp3) is 0.333. The van der Waals surface area contributed by atoms with Gasteiger partial charge in [-0.3, -0.25) is 9.59 Å². The number of rotatable bonds is 8. The number of morpholine rings is 1. The van der Waals surface area contributed by atoms with Crippen molar-refractivity contribution in [3.05, 3.63) is 121 Å². The van der Waals surface area contributed by atoms with E-state index < -0.39 is 11.9 Å². The van der Waals surface area contributed by atoms with Crippen LogP contribution in [0.1, 0.15) is 70.8 Å². The minimum Gasteiger partial charge on any atom is -0.492 e. The summed E-state index contributed by atoms with van der Waals surface area (Å²) in [6, 6.07) is 17.0. The lowest BCUT2D eigenvalue weighted by Crippen LogP contribution is -2.30. The van der Waals surface area contributed by atoms with E-state index in [2.05, 4.69) is 37.2 Å². The van der Waals surface area contributed by atoms with Gasteiger partial charge in [0.05, 0.1) is 38.9 Å². The molecule has 3 N–H and O–H groups in total. The number of furan rings is 1. The van der Waals surface area contributed by atoms with E-state index in [4.69, 9.17) is 33.6 Å². The van der Waals surface area contributed by atoms with Crippen molar-refractivity contribution in [2.24, 2.45) is 0 Å². The van der Waals surface area contributed by atoms with Gasteiger partial charge in [0.2, 0.25) is 0 Å². The molecule has 294 valence electrons. The summed E-state index contributed by atoms with van der Waals surface area (Å²) in [6.45, 7) is 4.19. The van der Waals surface area contributed by atoms with Crippen molar-refractivity contribution in [3.8, 4) is 17.2 Å². The molecule has 2 aliphatic carbocycles. The summed E-state index contributed by atoms with van der Waals surface area (Å²) in [4.78, 5) is 21.8. The van der Waals surface area contributed by atoms with E-state index in [1.54, 1.807) is 42.5 Å². The Labute approximate surface area is 338 Å². The molecule has 1 saturated heterocycles. The van der Waals surface area contributed by atoms with Gasteiger partial charge in [0.1, 0.15) is 46.7 Å². The quantitative estimate of drug-likeness (QED) is 0.138. The molecular weight excluding hydrogens is 860 g/mol. The number of carbonyl (C=O) groups is 2. The van der Waals surface area contributed by atoms with E-state index in [9.17, 15) is 18.4 Å². The maximum atomic E-state index is 14.2. The average Bonchev–Trinajstić information content (AvgIpc) is 3.99. The Morgan fingerprint density at radius 3 is 1.96 bits per heavy atom. The standard InChI is InChI=1S/C19H16BrFO4.C19H14BrFO4.C4H9NO/c2*20-14-4-5-15(21)19-13(14)3-6-16(19)25-11-1-2-12-10(7-18(22)23)9-24-17(12)8-11;1-3-6-4-2-5-1/h1-2,4-5,8,10,16H,3,6-7,9H2,(H,22,23);1-2,4-5,8-9,16H,3,6-7H2,(H,22,23);5H,1-4H2/t10-,16-;16-;/m11./s1. The summed E-state index contributed by atoms with van der Waals surface area (Å²) < 4.78 is 58.3. The molecule has 14 heteroatoms. The van der Waals surface area contributed by atoms with Gasteiger partial charge in [-0.25, -0.2) is 8.78 Å². The molecule has 4 aromatic carbocycles. The molecule has 0 unspecified atom stereocenters. The summed E-state index contributed by atoms with van der Waals surface area (Å²) in [6.07, 6.45) is 3.66. The second-order valence-corrected chi connectivity index (χ2v) is 15.5. The van der Waals surface area contributed by atoms with Gasteiger partial charge in [-0.05, 0) is 79.3 Å². The Morgan fingerprint density at radius 1 is 0.804 bits per heavy atom. The highest BCUT2D eigenvalue weighted by Crippen LogP contribution is 2.44. The van der Waals surface area contributed by atoms with Gasteiger partial charge >= 0.3 is 11.9 Å². The molecule has 3 atom stereocenters. The fourth-order valence-corrected chi connectivity index (χ4v) is 8.58. The van der Waals surface area contributed by atoms with E-state index in [0.717, 1.165) is 70.2 Å². The first-order chi connectivity index (χ1) is 27.0. The Balaban J connectivity index is 0.000000149. The topological polar surface area (TPSA) is 137 Å². The van der Waals surface area contributed by atoms with Crippen LogP contribution in [0.5, 0.6) is 17.2 Å². The zero-order valence-corrected chi connectivity index (χ0v) is 33.3. The number of hydrogen-bond donors (Lipinski definition) is 3. The second kappa shape index (κ2) is 17.7. The van der Waals surface area contributed by atoms with Gasteiger partial charge in [-0.1, -0.05) is 37.9 Å². The van der Waals surface area contributed by atoms with Gasteiger partial charge in [-0.15, -0.1) is 0 Å². The molecule has 0 amide bonds. The molecule has 4 aliphatic rings. The van der Waals surface area contributed by atoms with Crippen LogP contribution in [0.25, 0.3) is 11.0 Å². The van der Waals surface area contributed by atoms with Crippen LogP contribution in [0.3, 0.4) is 0 Å². The van der Waals surface area contributed by atoms with Crippen molar-refractivity contribution in [1.29, 1.82) is 0 Å². The Hall–Kier alpha value is -4.50. The molecule has 9 rings (SSSR count). The summed E-state index contributed by atoms with van der Waals surface area (Å²) >= 11 is 6.94. The summed E-state index contributed by atoms with van der Waals surface area (Å²) in [5, 5.41) is 21.8. The molecule has 1 fully saturated rings. The third-order valence-corrected chi connectivity index (χ3v) is 11.6. The average molecular weight is 900 g/mol. The van der Waals surface area contributed by atoms with E-state index in [1.165, 1.54) is 18.4 Å². The Kier molecular flexibility index (Phi) is 12.6. The van der Waals surface area contributed by atoms with Crippen LogP contribution in [-0.2, 0) is 33.6 Å². The number of benzene rings is 4. The molecular formula is C42H39Br2F2NO9. The maximum Gasteiger partial charge on any atom is 0.307 e. The van der Waals surface area contributed by atoms with Crippen LogP contribution in [0.4, 0.5) is 8.78 Å². The lowest BCUT2D eigenvalue weighted by atomic mass is 9.98. The number of carboxylic acid groups (broad SMARTS) is 2. The van der Waals surface area contributed by atoms with E-state index in [-0.39, 0.29) is 42.6 Å². The lowest BCUT2D eigenvalue weighted by molar-refractivity contribution is -0.138. The number of ether oxygens (including phenoxy) is 4. The van der Waals surface area contributed by atoms with Crippen LogP contribution in [0, 0.1) is 11.6 Å². The van der Waals surface area contributed by atoms with Crippen molar-refractivity contribution in [2.45, 2.75) is 56.7 Å². The monoisotopic (exact) mass is 897 g/mol. The number of nitrogens with one attached hydrogen (secondary N) is 1. The molecule has 0 saturated carbocycles. The number of carboxylic acids is 2. The molecule has 5 aromatic rings. The first-order valence-corrected chi connectivity index (χ1v) is 19.9. The van der Waals surface area contributed by atoms with Crippen molar-refractivity contribution in [1.82, 2.24) is 5.32 Å². The molecule has 3 heterocycles. The van der Waals surface area contributed by atoms with Crippen molar-refractivity contribution in [3.63, 3.8) is 0 Å². The van der Waals surface area contributed by atoms with Gasteiger partial charge < -0.3 is 38.9 Å². The first-order valence-electron chi connectivity index (χ1n) is 18.3. The van der Waals surface area contributed by atoms with Crippen LogP contribution < -0.4 is 19.5 Å². The van der Waals surface area contributed by atoms with Crippen molar-refractivity contribution >= 4 is 54.8 Å². The number of aliphatic carboxylic acids is 2. The van der Waals surface area contributed by atoms with Crippen LogP contribution >= 0.6 is 31.9 Å². The number of halogens is 4. The Morgan fingerprint density at radius 2 is 1.41 bits per heavy atom. The predicted molar refractivity (Wildman–Crippen MR) is 210 cm³/mol. The summed E-state index contributed by atoms with van der Waals surface area (Å²) in [5.41, 5.74) is 5.18. The summed E-state index contributed by atoms with van der Waals surface area (Å²) in [5.74, 6) is -0.577. The third-order valence-electron chi connectivity index (χ3n) is 10.1. The minimum atomic E-state index is -0.911. The second-order valence-electron chi connectivity index (χ2n) is 13.8. The number of fused-ring (bicyclic) bond motifs is 4. The third kappa shape index (κ3) is 9.04. The smallest absolute Gasteiger partial charge is 0.307 e. The van der Waals surface area contributed by atoms with E-state index in [0.29, 0.717) is 59.0 Å². The van der Waals surface area contributed by atoms with E-state index >= 15 is 0 Å². The Bertz CT molecular complexity index is 2230. The zero-order chi connectivity index (χ0) is 39.3. The maximum absolute atomic E-state index is 14.2. The van der Waals surface area contributed by atoms with Crippen molar-refractivity contribution < 1.29 is 51.9 Å². The van der Waals surface area contributed by atoms with Crippen LogP contribution in [-0.4, -0.2) is 55.1 Å². The van der Waals surface area contributed by atoms with Crippen LogP contribution in [0.2, 0.25) is 0 Å². The lowest BCUT2D eigenvalue weighted by Gasteiger charge is -2.16. The van der Waals surface area contributed by atoms with Crippen LogP contribution in [0.15, 0.2) is 80.3 Å². The van der Waals surface area contributed by atoms with Gasteiger partial charge in [0, 0.05) is 67.7 Å². The molecule has 0 radical (unpaired) electrons. The van der Waals surface area contributed by atoms with Gasteiger partial charge in [0.25, 0.3) is 0 Å². The van der Waals surface area contributed by atoms with E-state index in [1.807, 2.05) is 6.07 Å². The predicted octanol–water partition coefficient (Wildman–Crippen LogP) is 9.24. The van der Waals surface area contributed by atoms with Gasteiger partial charge in [0.15, 0.2) is 0 Å². The largest absolute Gasteiger partial charge is 0.492 e. The normalized spacial score (nSPS) is 19.0. The molecule has 1 aromatic heterocycles. The highest BCUT2D eigenvalue weighted by molar-refractivity contribution is 9.10. The summed E-state index contributed by atoms with van der Waals surface area (Å²) in [7, 11) is 0. The SMILES string of the molecule is C1COCCN1.O=C(O)C[C@@H]1COc2cc(O[C@@H]3CCc4c(Br)ccc(F)c43)ccc21.O=C(O)Cc1coc2cc(O[C@@H]3CCc4c(Br)ccc(F)c43)ccc12. The number of hydrogen-bond acceptors (Lipinski definition) is 8. The molecule has 0 bridgehead atoms. The molecule has 10 nitrogen and oxygen atoms in total. The highest BCUT2D eigenvalue weighted by atomic mass is 79.9. The van der Waals surface area contributed by atoms with Gasteiger partial charge in [-0.2, -0.15) is 0 Å². The molecule has 2 aliphatic heterocycles. The minimum absolute atomic E-state index is 0.0441. The highest BCUT2D eigenvalue weighted by Gasteiger charge is 2.32. The molecule has 0 spiro atoms. The zero-order valence-electron chi connectivity index (χ0n) is 30.1. The molecule has 56 heavy (non-hydrogen) atoms. The first kappa shape index (κ1) is 39.7.